The van der Waals surface area contributed by atoms with E-state index in [-0.39, 0.29) is 5.78 Å². The van der Waals surface area contributed by atoms with Crippen LogP contribution in [-0.4, -0.2) is 5.78 Å². The molecule has 0 radical (unpaired) electrons. The number of carbonyl (C=O) groups is 1. The van der Waals surface area contributed by atoms with E-state index in [1.807, 2.05) is 30.5 Å². The molecule has 0 amide bonds. The summed E-state index contributed by atoms with van der Waals surface area (Å²) in [5.41, 5.74) is 0. The molecule has 0 atom stereocenters. The average Bonchev–Trinajstić information content (AvgIpc) is 2.75. The first-order valence-corrected chi connectivity index (χ1v) is 6.96. The molecule has 0 bridgehead atoms. The maximum Gasteiger partial charge on any atom is 0.177 e. The minimum absolute atomic E-state index is 0.211. The first kappa shape index (κ1) is 11.0. The van der Waals surface area contributed by atoms with Gasteiger partial charge in [0.15, 0.2) is 5.78 Å². The zero-order valence-electron chi connectivity index (χ0n) is 8.12. The average molecular weight is 301 g/mol. The second-order valence-corrected chi connectivity index (χ2v) is 6.44. The highest BCUT2D eigenvalue weighted by Crippen LogP contribution is 2.23. The van der Waals surface area contributed by atoms with Crippen LogP contribution in [0.1, 0.15) is 19.4 Å². The molecule has 78 valence electrons. The van der Waals surface area contributed by atoms with Gasteiger partial charge >= 0.3 is 0 Å². The van der Waals surface area contributed by atoms with Gasteiger partial charge in [-0.2, -0.15) is 0 Å². The predicted octanol–water partition coefficient (Wildman–Crippen LogP) is 4.31. The van der Waals surface area contributed by atoms with Crippen LogP contribution >= 0.6 is 38.6 Å². The molecular formula is C11H9BrOS2. The van der Waals surface area contributed by atoms with Crippen molar-refractivity contribution in [2.45, 2.75) is 13.3 Å². The van der Waals surface area contributed by atoms with Crippen LogP contribution in [0.2, 0.25) is 0 Å². The zero-order chi connectivity index (χ0) is 10.8. The summed E-state index contributed by atoms with van der Waals surface area (Å²) < 4.78 is 1.05. The van der Waals surface area contributed by atoms with E-state index < -0.39 is 0 Å². The lowest BCUT2D eigenvalue weighted by Crippen LogP contribution is -1.98. The van der Waals surface area contributed by atoms with Crippen LogP contribution < -0.4 is 0 Å². The SMILES string of the molecule is Cc1ccc(C(=O)Cc2cc(Br)cs2)s1. The Morgan fingerprint density at radius 1 is 1.47 bits per heavy atom. The molecule has 0 N–H and O–H groups in total. The Morgan fingerprint density at radius 3 is 2.80 bits per heavy atom. The molecule has 15 heavy (non-hydrogen) atoms. The molecule has 2 aromatic heterocycles. The van der Waals surface area contributed by atoms with E-state index in [1.54, 1.807) is 22.7 Å². The Morgan fingerprint density at radius 2 is 2.27 bits per heavy atom. The van der Waals surface area contributed by atoms with Crippen LogP contribution in [0.25, 0.3) is 0 Å². The second kappa shape index (κ2) is 4.60. The van der Waals surface area contributed by atoms with Crippen LogP contribution in [0.15, 0.2) is 28.1 Å². The van der Waals surface area contributed by atoms with Gasteiger partial charge in [0.25, 0.3) is 0 Å². The molecule has 2 aromatic rings. The van der Waals surface area contributed by atoms with Crippen molar-refractivity contribution in [2.75, 3.05) is 0 Å². The molecule has 2 rings (SSSR count). The Bertz CT molecular complexity index is 484. The molecule has 1 nitrogen and oxygen atoms in total. The predicted molar refractivity (Wildman–Crippen MR) is 69.1 cm³/mol. The van der Waals surface area contributed by atoms with Crippen LogP contribution in [-0.2, 0) is 6.42 Å². The van der Waals surface area contributed by atoms with Gasteiger partial charge in [-0.15, -0.1) is 22.7 Å². The Kier molecular flexibility index (Phi) is 3.38. The summed E-state index contributed by atoms with van der Waals surface area (Å²) in [5, 5.41) is 2.00. The molecule has 0 spiro atoms. The van der Waals surface area contributed by atoms with Gasteiger partial charge in [0.05, 0.1) is 4.88 Å². The van der Waals surface area contributed by atoms with Crippen molar-refractivity contribution in [1.29, 1.82) is 0 Å². The van der Waals surface area contributed by atoms with Crippen molar-refractivity contribution in [3.8, 4) is 0 Å². The Hall–Kier alpha value is -0.450. The topological polar surface area (TPSA) is 17.1 Å². The maximum absolute atomic E-state index is 11.8. The number of hydrogen-bond donors (Lipinski definition) is 0. The van der Waals surface area contributed by atoms with Gasteiger partial charge < -0.3 is 0 Å². The van der Waals surface area contributed by atoms with Crippen LogP contribution in [0.3, 0.4) is 0 Å². The first-order valence-electron chi connectivity index (χ1n) is 4.47. The fourth-order valence-corrected chi connectivity index (χ4v) is 3.53. The van der Waals surface area contributed by atoms with E-state index in [4.69, 9.17) is 0 Å². The molecule has 0 unspecified atom stereocenters. The molecule has 0 aliphatic rings. The Balaban J connectivity index is 2.10. The second-order valence-electron chi connectivity index (χ2n) is 3.24. The summed E-state index contributed by atoms with van der Waals surface area (Å²) in [7, 11) is 0. The van der Waals surface area contributed by atoms with E-state index in [0.717, 1.165) is 14.2 Å². The molecule has 0 aliphatic carbocycles. The van der Waals surface area contributed by atoms with Crippen molar-refractivity contribution in [2.24, 2.45) is 0 Å². The number of ketones is 1. The molecule has 4 heteroatoms. The third kappa shape index (κ3) is 2.77. The maximum atomic E-state index is 11.8. The number of hydrogen-bond acceptors (Lipinski definition) is 3. The molecule has 0 aromatic carbocycles. The minimum atomic E-state index is 0.211. The number of Topliss-reactive ketones (excluding diaryl/α,β-unsaturated/α-hetero) is 1. The molecule has 0 saturated carbocycles. The number of aryl methyl sites for hydroxylation is 1. The van der Waals surface area contributed by atoms with Crippen molar-refractivity contribution in [1.82, 2.24) is 0 Å². The molecule has 0 saturated heterocycles. The summed E-state index contributed by atoms with van der Waals surface area (Å²) in [6, 6.07) is 5.90. The smallest absolute Gasteiger partial charge is 0.177 e. The van der Waals surface area contributed by atoms with Gasteiger partial charge in [0, 0.05) is 26.0 Å². The minimum Gasteiger partial charge on any atom is -0.293 e. The largest absolute Gasteiger partial charge is 0.293 e. The monoisotopic (exact) mass is 300 g/mol. The van der Waals surface area contributed by atoms with Gasteiger partial charge in [0.2, 0.25) is 0 Å². The lowest BCUT2D eigenvalue weighted by molar-refractivity contribution is 0.0997. The van der Waals surface area contributed by atoms with Crippen molar-refractivity contribution >= 4 is 44.4 Å². The molecule has 0 fully saturated rings. The third-order valence-corrected chi connectivity index (χ3v) is 4.71. The number of thiophene rings is 2. The lowest BCUT2D eigenvalue weighted by atomic mass is 10.2. The molecule has 2 heterocycles. The number of halogens is 1. The lowest BCUT2D eigenvalue weighted by Gasteiger charge is -1.93. The highest BCUT2D eigenvalue weighted by Gasteiger charge is 2.10. The summed E-state index contributed by atoms with van der Waals surface area (Å²) in [4.78, 5) is 15.0. The summed E-state index contributed by atoms with van der Waals surface area (Å²) in [6.45, 7) is 2.02. The van der Waals surface area contributed by atoms with Gasteiger partial charge in [-0.05, 0) is 41.1 Å². The number of rotatable bonds is 3. The quantitative estimate of drug-likeness (QED) is 0.772. The fourth-order valence-electron chi connectivity index (χ4n) is 1.28. The van der Waals surface area contributed by atoms with Crippen LogP contribution in [0.4, 0.5) is 0 Å². The molecular weight excluding hydrogens is 292 g/mol. The summed E-state index contributed by atoms with van der Waals surface area (Å²) in [6.07, 6.45) is 0.510. The van der Waals surface area contributed by atoms with Crippen molar-refractivity contribution < 1.29 is 4.79 Å². The van der Waals surface area contributed by atoms with Crippen molar-refractivity contribution in [3.05, 3.63) is 42.7 Å². The third-order valence-electron chi connectivity index (χ3n) is 1.97. The normalized spacial score (nSPS) is 10.5. The standard InChI is InChI=1S/C11H9BrOS2/c1-7-2-3-11(15-7)10(13)5-9-4-8(12)6-14-9/h2-4,6H,5H2,1H3. The number of carbonyl (C=O) groups excluding carboxylic acids is 1. The van der Waals surface area contributed by atoms with E-state index >= 15 is 0 Å². The van der Waals surface area contributed by atoms with Crippen LogP contribution in [0, 0.1) is 6.92 Å². The van der Waals surface area contributed by atoms with Gasteiger partial charge in [-0.25, -0.2) is 0 Å². The van der Waals surface area contributed by atoms with E-state index in [9.17, 15) is 4.79 Å². The highest BCUT2D eigenvalue weighted by atomic mass is 79.9. The summed E-state index contributed by atoms with van der Waals surface area (Å²) in [5.74, 6) is 0.211. The fraction of sp³-hybridized carbons (Fsp3) is 0.182. The van der Waals surface area contributed by atoms with Gasteiger partial charge in [0.1, 0.15) is 0 Å². The Labute approximate surface area is 105 Å². The zero-order valence-corrected chi connectivity index (χ0v) is 11.3. The van der Waals surface area contributed by atoms with E-state index in [2.05, 4.69) is 15.9 Å². The van der Waals surface area contributed by atoms with E-state index in [1.165, 1.54) is 4.88 Å². The highest BCUT2D eigenvalue weighted by molar-refractivity contribution is 9.10. The van der Waals surface area contributed by atoms with Crippen LogP contribution in [0.5, 0.6) is 0 Å². The van der Waals surface area contributed by atoms with Gasteiger partial charge in [-0.3, -0.25) is 4.79 Å². The van der Waals surface area contributed by atoms with Gasteiger partial charge in [-0.1, -0.05) is 0 Å². The first-order chi connectivity index (χ1) is 7.15. The van der Waals surface area contributed by atoms with E-state index in [0.29, 0.717) is 6.42 Å². The summed E-state index contributed by atoms with van der Waals surface area (Å²) >= 11 is 6.57. The molecule has 0 aliphatic heterocycles. The van der Waals surface area contributed by atoms with Crippen molar-refractivity contribution in [3.63, 3.8) is 0 Å².